The van der Waals surface area contributed by atoms with Crippen LogP contribution in [-0.4, -0.2) is 19.2 Å². The fraction of sp³-hybridized carbons (Fsp3) is 0.364. The Balaban J connectivity index is 2.00. The maximum Gasteiger partial charge on any atom is 0.337 e. The molecule has 1 atom stereocenters. The molecular weight excluding hydrogens is 212 g/mol. The molecular formula is C11H10O3S. The predicted octanol–water partition coefficient (Wildman–Crippen LogP) is 2.06. The predicted molar refractivity (Wildman–Crippen MR) is 55.6 cm³/mol. The SMILES string of the molecule is O=C1OCCC2=C1C(c1cccs1)OC2. The van der Waals surface area contributed by atoms with E-state index in [0.29, 0.717) is 13.2 Å². The smallest absolute Gasteiger partial charge is 0.337 e. The number of hydrogen-bond acceptors (Lipinski definition) is 4. The van der Waals surface area contributed by atoms with Crippen LogP contribution >= 0.6 is 11.3 Å². The Hall–Kier alpha value is -1.13. The Bertz CT molecular complexity index is 419. The van der Waals surface area contributed by atoms with Crippen molar-refractivity contribution in [2.45, 2.75) is 12.5 Å². The van der Waals surface area contributed by atoms with Crippen LogP contribution in [0.4, 0.5) is 0 Å². The zero-order chi connectivity index (χ0) is 10.3. The fourth-order valence-corrected chi connectivity index (χ4v) is 2.78. The van der Waals surface area contributed by atoms with Crippen LogP contribution in [0, 0.1) is 0 Å². The maximum atomic E-state index is 11.6. The van der Waals surface area contributed by atoms with E-state index in [2.05, 4.69) is 0 Å². The summed E-state index contributed by atoms with van der Waals surface area (Å²) < 4.78 is 10.7. The molecule has 0 bridgehead atoms. The lowest BCUT2D eigenvalue weighted by Crippen LogP contribution is -2.18. The van der Waals surface area contributed by atoms with Crippen molar-refractivity contribution < 1.29 is 14.3 Å². The quantitative estimate of drug-likeness (QED) is 0.682. The summed E-state index contributed by atoms with van der Waals surface area (Å²) in [7, 11) is 0. The van der Waals surface area contributed by atoms with Gasteiger partial charge >= 0.3 is 5.97 Å². The maximum absolute atomic E-state index is 11.6. The lowest BCUT2D eigenvalue weighted by Gasteiger charge is -2.16. The van der Waals surface area contributed by atoms with Gasteiger partial charge in [-0.1, -0.05) is 6.07 Å². The zero-order valence-corrected chi connectivity index (χ0v) is 8.88. The summed E-state index contributed by atoms with van der Waals surface area (Å²) in [4.78, 5) is 12.7. The normalized spacial score (nSPS) is 25.3. The number of carbonyl (C=O) groups excluding carboxylic acids is 1. The molecule has 3 heterocycles. The van der Waals surface area contributed by atoms with Gasteiger partial charge in [0.05, 0.1) is 18.8 Å². The molecule has 15 heavy (non-hydrogen) atoms. The van der Waals surface area contributed by atoms with Crippen molar-refractivity contribution in [2.75, 3.05) is 13.2 Å². The third-order valence-electron chi connectivity index (χ3n) is 2.73. The van der Waals surface area contributed by atoms with E-state index in [9.17, 15) is 4.79 Å². The van der Waals surface area contributed by atoms with Gasteiger partial charge in [0.2, 0.25) is 0 Å². The molecule has 0 aliphatic carbocycles. The molecule has 1 unspecified atom stereocenters. The highest BCUT2D eigenvalue weighted by atomic mass is 32.1. The lowest BCUT2D eigenvalue weighted by atomic mass is 10.0. The summed E-state index contributed by atoms with van der Waals surface area (Å²) in [5, 5.41) is 1.99. The third-order valence-corrected chi connectivity index (χ3v) is 3.64. The van der Waals surface area contributed by atoms with Gasteiger partial charge in [0.25, 0.3) is 0 Å². The minimum Gasteiger partial charge on any atom is -0.462 e. The van der Waals surface area contributed by atoms with Gasteiger partial charge in [-0.2, -0.15) is 0 Å². The molecule has 0 fully saturated rings. The molecule has 0 radical (unpaired) electrons. The molecule has 0 saturated carbocycles. The first-order chi connectivity index (χ1) is 7.36. The van der Waals surface area contributed by atoms with Crippen molar-refractivity contribution in [2.24, 2.45) is 0 Å². The number of ether oxygens (including phenoxy) is 2. The summed E-state index contributed by atoms with van der Waals surface area (Å²) in [5.41, 5.74) is 1.85. The van der Waals surface area contributed by atoms with Crippen molar-refractivity contribution in [3.05, 3.63) is 33.5 Å². The van der Waals surface area contributed by atoms with Crippen LogP contribution in [0.1, 0.15) is 17.4 Å². The number of hydrogen-bond donors (Lipinski definition) is 0. The fourth-order valence-electron chi connectivity index (χ4n) is 2.00. The number of esters is 1. The average molecular weight is 222 g/mol. The summed E-state index contributed by atoms with van der Waals surface area (Å²) >= 11 is 1.61. The van der Waals surface area contributed by atoms with Crippen molar-refractivity contribution in [3.63, 3.8) is 0 Å². The molecule has 3 nitrogen and oxygen atoms in total. The summed E-state index contributed by atoms with van der Waals surface area (Å²) in [6, 6.07) is 3.96. The van der Waals surface area contributed by atoms with E-state index in [-0.39, 0.29) is 12.1 Å². The second-order valence-electron chi connectivity index (χ2n) is 3.61. The highest BCUT2D eigenvalue weighted by Crippen LogP contribution is 2.39. The largest absolute Gasteiger partial charge is 0.462 e. The molecule has 2 aliphatic rings. The van der Waals surface area contributed by atoms with Crippen molar-refractivity contribution in [1.29, 1.82) is 0 Å². The second-order valence-corrected chi connectivity index (χ2v) is 4.59. The minimum absolute atomic E-state index is 0.187. The van der Waals surface area contributed by atoms with Crippen LogP contribution in [0.25, 0.3) is 0 Å². The van der Waals surface area contributed by atoms with Gasteiger partial charge in [-0.05, 0) is 17.0 Å². The Morgan fingerprint density at radius 1 is 1.47 bits per heavy atom. The highest BCUT2D eigenvalue weighted by Gasteiger charge is 2.36. The van der Waals surface area contributed by atoms with Gasteiger partial charge in [-0.3, -0.25) is 0 Å². The molecule has 3 rings (SSSR count). The van der Waals surface area contributed by atoms with Gasteiger partial charge < -0.3 is 9.47 Å². The minimum atomic E-state index is -0.202. The number of thiophene rings is 1. The lowest BCUT2D eigenvalue weighted by molar-refractivity contribution is -0.140. The van der Waals surface area contributed by atoms with E-state index in [4.69, 9.17) is 9.47 Å². The topological polar surface area (TPSA) is 35.5 Å². The van der Waals surface area contributed by atoms with Gasteiger partial charge in [-0.25, -0.2) is 4.79 Å². The van der Waals surface area contributed by atoms with E-state index in [1.54, 1.807) is 11.3 Å². The first kappa shape index (κ1) is 9.12. The van der Waals surface area contributed by atoms with Gasteiger partial charge in [0, 0.05) is 11.3 Å². The summed E-state index contributed by atoms with van der Waals surface area (Å²) in [6.45, 7) is 1.07. The third kappa shape index (κ3) is 1.41. The summed E-state index contributed by atoms with van der Waals surface area (Å²) in [5.74, 6) is -0.202. The first-order valence-electron chi connectivity index (χ1n) is 4.90. The Kier molecular flexibility index (Phi) is 2.11. The Labute approximate surface area is 91.3 Å². The molecule has 0 spiro atoms. The Morgan fingerprint density at radius 2 is 2.40 bits per heavy atom. The van der Waals surface area contributed by atoms with Crippen molar-refractivity contribution >= 4 is 17.3 Å². The van der Waals surface area contributed by atoms with Crippen molar-refractivity contribution in [1.82, 2.24) is 0 Å². The van der Waals surface area contributed by atoms with E-state index in [1.165, 1.54) is 0 Å². The number of cyclic esters (lactones) is 1. The van der Waals surface area contributed by atoms with Crippen LogP contribution in [0.2, 0.25) is 0 Å². The van der Waals surface area contributed by atoms with Crippen LogP contribution in [-0.2, 0) is 14.3 Å². The van der Waals surface area contributed by atoms with Gasteiger partial charge in [0.15, 0.2) is 0 Å². The van der Waals surface area contributed by atoms with Crippen LogP contribution in [0.3, 0.4) is 0 Å². The zero-order valence-electron chi connectivity index (χ0n) is 8.06. The van der Waals surface area contributed by atoms with Crippen molar-refractivity contribution in [3.8, 4) is 0 Å². The van der Waals surface area contributed by atoms with Gasteiger partial charge in [-0.15, -0.1) is 11.3 Å². The molecule has 0 saturated heterocycles. The Morgan fingerprint density at radius 3 is 3.20 bits per heavy atom. The van der Waals surface area contributed by atoms with E-state index >= 15 is 0 Å². The monoisotopic (exact) mass is 222 g/mol. The van der Waals surface area contributed by atoms with Crippen LogP contribution in [0.5, 0.6) is 0 Å². The molecule has 1 aromatic rings. The number of rotatable bonds is 1. The average Bonchev–Trinajstić information content (AvgIpc) is 2.85. The molecule has 4 heteroatoms. The molecule has 0 aromatic carbocycles. The van der Waals surface area contributed by atoms with Crippen LogP contribution in [0.15, 0.2) is 28.7 Å². The molecule has 78 valence electrons. The molecule has 2 aliphatic heterocycles. The summed E-state index contributed by atoms with van der Waals surface area (Å²) in [6.07, 6.45) is 0.635. The molecule has 1 aromatic heterocycles. The highest BCUT2D eigenvalue weighted by molar-refractivity contribution is 7.10. The first-order valence-corrected chi connectivity index (χ1v) is 5.78. The van der Waals surface area contributed by atoms with E-state index in [0.717, 1.165) is 22.4 Å². The van der Waals surface area contributed by atoms with E-state index < -0.39 is 0 Å². The molecule has 0 amide bonds. The second kappa shape index (κ2) is 3.47. The number of carbonyl (C=O) groups is 1. The molecule has 0 N–H and O–H groups in total. The van der Waals surface area contributed by atoms with E-state index in [1.807, 2.05) is 17.5 Å². The van der Waals surface area contributed by atoms with Gasteiger partial charge in [0.1, 0.15) is 6.10 Å². The standard InChI is InChI=1S/C11H10O3S/c12-11-9-7(3-4-13-11)6-14-10(9)8-2-1-5-15-8/h1-2,5,10H,3-4,6H2. The van der Waals surface area contributed by atoms with Crippen LogP contribution < -0.4 is 0 Å².